The van der Waals surface area contributed by atoms with Crippen molar-refractivity contribution in [1.29, 1.82) is 5.26 Å². The van der Waals surface area contributed by atoms with E-state index in [9.17, 15) is 12.8 Å². The first kappa shape index (κ1) is 14.0. The van der Waals surface area contributed by atoms with E-state index < -0.39 is 15.8 Å². The van der Waals surface area contributed by atoms with Crippen LogP contribution in [0.1, 0.15) is 25.3 Å². The van der Waals surface area contributed by atoms with Crippen LogP contribution in [0.5, 0.6) is 0 Å². The molecule has 1 aromatic carbocycles. The van der Waals surface area contributed by atoms with E-state index in [4.69, 9.17) is 5.26 Å². The minimum Gasteiger partial charge on any atom is -0.207 e. The molecule has 0 unspecified atom stereocenters. The Hall–Kier alpha value is -1.45. The fourth-order valence-electron chi connectivity index (χ4n) is 1.89. The first-order valence-electron chi connectivity index (χ1n) is 6.18. The Kier molecular flexibility index (Phi) is 3.88. The minimum atomic E-state index is -3.64. The number of hydrogen-bond acceptors (Lipinski definition) is 3. The van der Waals surface area contributed by atoms with E-state index in [1.54, 1.807) is 13.0 Å². The Labute approximate surface area is 112 Å². The van der Waals surface area contributed by atoms with E-state index in [2.05, 4.69) is 0 Å². The monoisotopic (exact) mass is 282 g/mol. The first-order valence-corrected chi connectivity index (χ1v) is 7.63. The standard InChI is InChI=1S/C13H15FN2O2S/c1-2-16(9-10-3-4-10)19(17,18)12-5-6-13(14)11(7-12)8-15/h5-7,10H,2-4,9H2,1H3. The molecule has 1 aromatic rings. The Morgan fingerprint density at radius 2 is 2.16 bits per heavy atom. The maximum atomic E-state index is 13.2. The summed E-state index contributed by atoms with van der Waals surface area (Å²) in [6.45, 7) is 2.64. The van der Waals surface area contributed by atoms with E-state index in [1.807, 2.05) is 0 Å². The molecule has 102 valence electrons. The van der Waals surface area contributed by atoms with Gasteiger partial charge in [-0.25, -0.2) is 12.8 Å². The molecule has 1 saturated carbocycles. The average molecular weight is 282 g/mol. The van der Waals surface area contributed by atoms with Crippen LogP contribution in [0.25, 0.3) is 0 Å². The summed E-state index contributed by atoms with van der Waals surface area (Å²) >= 11 is 0. The van der Waals surface area contributed by atoms with Gasteiger partial charge in [-0.1, -0.05) is 6.92 Å². The molecule has 2 rings (SSSR count). The smallest absolute Gasteiger partial charge is 0.207 e. The number of sulfonamides is 1. The second-order valence-electron chi connectivity index (χ2n) is 4.65. The van der Waals surface area contributed by atoms with Crippen LogP contribution >= 0.6 is 0 Å². The molecule has 1 aliphatic rings. The van der Waals surface area contributed by atoms with Gasteiger partial charge in [0.2, 0.25) is 10.0 Å². The van der Waals surface area contributed by atoms with Gasteiger partial charge in [0.25, 0.3) is 0 Å². The molecule has 0 aliphatic heterocycles. The van der Waals surface area contributed by atoms with E-state index in [0.29, 0.717) is 19.0 Å². The molecule has 0 N–H and O–H groups in total. The highest BCUT2D eigenvalue weighted by Crippen LogP contribution is 2.31. The van der Waals surface area contributed by atoms with Crippen molar-refractivity contribution < 1.29 is 12.8 Å². The number of rotatable bonds is 5. The molecule has 1 aliphatic carbocycles. The number of hydrogen-bond donors (Lipinski definition) is 0. The van der Waals surface area contributed by atoms with Gasteiger partial charge in [-0.05, 0) is 37.0 Å². The van der Waals surface area contributed by atoms with Crippen LogP contribution in [0, 0.1) is 23.1 Å². The Morgan fingerprint density at radius 3 is 2.68 bits per heavy atom. The highest BCUT2D eigenvalue weighted by molar-refractivity contribution is 7.89. The number of halogens is 1. The van der Waals surface area contributed by atoms with Crippen LogP contribution in [0.2, 0.25) is 0 Å². The highest BCUT2D eigenvalue weighted by Gasteiger charge is 2.31. The average Bonchev–Trinajstić information content (AvgIpc) is 3.20. The fourth-order valence-corrected chi connectivity index (χ4v) is 3.44. The van der Waals surface area contributed by atoms with Crippen molar-refractivity contribution in [2.24, 2.45) is 5.92 Å². The van der Waals surface area contributed by atoms with Gasteiger partial charge >= 0.3 is 0 Å². The first-order chi connectivity index (χ1) is 8.98. The summed E-state index contributed by atoms with van der Waals surface area (Å²) in [5.74, 6) is -0.266. The zero-order valence-corrected chi connectivity index (χ0v) is 11.5. The number of nitrogens with zero attached hydrogens (tertiary/aromatic N) is 2. The molecule has 19 heavy (non-hydrogen) atoms. The van der Waals surface area contributed by atoms with Crippen LogP contribution in [-0.4, -0.2) is 25.8 Å². The largest absolute Gasteiger partial charge is 0.243 e. The second-order valence-corrected chi connectivity index (χ2v) is 6.59. The van der Waals surface area contributed by atoms with Gasteiger partial charge in [0.1, 0.15) is 11.9 Å². The quantitative estimate of drug-likeness (QED) is 0.831. The normalized spacial score (nSPS) is 15.5. The number of benzene rings is 1. The zero-order valence-electron chi connectivity index (χ0n) is 10.6. The molecule has 0 atom stereocenters. The van der Waals surface area contributed by atoms with E-state index in [-0.39, 0.29) is 10.5 Å². The van der Waals surface area contributed by atoms with Gasteiger partial charge in [0.05, 0.1) is 10.5 Å². The van der Waals surface area contributed by atoms with Gasteiger partial charge < -0.3 is 0 Å². The Morgan fingerprint density at radius 1 is 1.47 bits per heavy atom. The molecule has 4 nitrogen and oxygen atoms in total. The summed E-state index contributed by atoms with van der Waals surface area (Å²) in [7, 11) is -3.64. The SMILES string of the molecule is CCN(CC1CC1)S(=O)(=O)c1ccc(F)c(C#N)c1. The molecule has 0 heterocycles. The molecular formula is C13H15FN2O2S. The predicted octanol–water partition coefficient (Wildman–Crippen LogP) is 2.12. The lowest BCUT2D eigenvalue weighted by atomic mass is 10.2. The predicted molar refractivity (Wildman–Crippen MR) is 68.3 cm³/mol. The van der Waals surface area contributed by atoms with Gasteiger partial charge in [-0.3, -0.25) is 0 Å². The van der Waals surface area contributed by atoms with Crippen LogP contribution in [0.4, 0.5) is 4.39 Å². The summed E-state index contributed by atoms with van der Waals surface area (Å²) in [5, 5.41) is 8.76. The van der Waals surface area contributed by atoms with Crippen molar-refractivity contribution in [3.05, 3.63) is 29.6 Å². The van der Waals surface area contributed by atoms with Crippen LogP contribution in [-0.2, 0) is 10.0 Å². The van der Waals surface area contributed by atoms with Crippen LogP contribution in [0.15, 0.2) is 23.1 Å². The minimum absolute atomic E-state index is 0.0204. The lowest BCUT2D eigenvalue weighted by molar-refractivity contribution is 0.412. The molecule has 0 saturated heterocycles. The summed E-state index contributed by atoms with van der Waals surface area (Å²) < 4.78 is 39.4. The van der Waals surface area contributed by atoms with E-state index in [0.717, 1.165) is 25.0 Å². The lowest BCUT2D eigenvalue weighted by Gasteiger charge is -2.20. The van der Waals surface area contributed by atoms with E-state index >= 15 is 0 Å². The number of nitriles is 1. The molecule has 0 radical (unpaired) electrons. The third kappa shape index (κ3) is 2.94. The second kappa shape index (κ2) is 5.27. The summed E-state index contributed by atoms with van der Waals surface area (Å²) in [4.78, 5) is -0.0204. The Bertz CT molecular complexity index is 618. The summed E-state index contributed by atoms with van der Waals surface area (Å²) in [6.07, 6.45) is 2.11. The maximum Gasteiger partial charge on any atom is 0.243 e. The van der Waals surface area contributed by atoms with Crippen LogP contribution in [0.3, 0.4) is 0 Å². The highest BCUT2D eigenvalue weighted by atomic mass is 32.2. The summed E-state index contributed by atoms with van der Waals surface area (Å²) in [5.41, 5.74) is -0.247. The zero-order chi connectivity index (χ0) is 14.0. The van der Waals surface area contributed by atoms with Gasteiger partial charge in [-0.2, -0.15) is 9.57 Å². The van der Waals surface area contributed by atoms with Crippen molar-refractivity contribution in [2.75, 3.05) is 13.1 Å². The van der Waals surface area contributed by atoms with Crippen molar-refractivity contribution in [2.45, 2.75) is 24.7 Å². The van der Waals surface area contributed by atoms with Crippen molar-refractivity contribution in [3.63, 3.8) is 0 Å². The fraction of sp³-hybridized carbons (Fsp3) is 0.462. The molecule has 0 spiro atoms. The third-order valence-electron chi connectivity index (χ3n) is 3.21. The van der Waals surface area contributed by atoms with Gasteiger partial charge in [0, 0.05) is 13.1 Å². The topological polar surface area (TPSA) is 61.2 Å². The third-order valence-corrected chi connectivity index (χ3v) is 5.14. The molecule has 6 heteroatoms. The maximum absolute atomic E-state index is 13.2. The van der Waals surface area contributed by atoms with Crippen molar-refractivity contribution >= 4 is 10.0 Å². The molecule has 0 aromatic heterocycles. The lowest BCUT2D eigenvalue weighted by Crippen LogP contribution is -2.32. The van der Waals surface area contributed by atoms with Crippen molar-refractivity contribution in [3.8, 4) is 6.07 Å². The molecule has 0 bridgehead atoms. The van der Waals surface area contributed by atoms with Gasteiger partial charge in [-0.15, -0.1) is 0 Å². The van der Waals surface area contributed by atoms with Crippen LogP contribution < -0.4 is 0 Å². The van der Waals surface area contributed by atoms with E-state index in [1.165, 1.54) is 10.4 Å². The molecule has 0 amide bonds. The van der Waals surface area contributed by atoms with Gasteiger partial charge in [0.15, 0.2) is 0 Å². The summed E-state index contributed by atoms with van der Waals surface area (Å²) in [6, 6.07) is 4.99. The molecular weight excluding hydrogens is 267 g/mol. The molecule has 1 fully saturated rings. The van der Waals surface area contributed by atoms with Crippen molar-refractivity contribution in [1.82, 2.24) is 4.31 Å². The Balaban J connectivity index is 2.34.